The van der Waals surface area contributed by atoms with Gasteiger partial charge in [0.05, 0.1) is 29.5 Å². The van der Waals surface area contributed by atoms with Crippen LogP contribution in [0.2, 0.25) is 0 Å². The fourth-order valence-corrected chi connectivity index (χ4v) is 5.74. The number of ether oxygens (including phenoxy) is 1. The molecule has 0 spiro atoms. The Morgan fingerprint density at radius 2 is 1.92 bits per heavy atom. The number of hydrogen-bond acceptors (Lipinski definition) is 5. The van der Waals surface area contributed by atoms with Gasteiger partial charge < -0.3 is 10.1 Å². The summed E-state index contributed by atoms with van der Waals surface area (Å²) in [6.07, 6.45) is 1.92. The summed E-state index contributed by atoms with van der Waals surface area (Å²) in [7, 11) is 1.60. The number of methoxy groups -OCH3 is 1. The summed E-state index contributed by atoms with van der Waals surface area (Å²) in [4.78, 5) is 28.1. The largest absolute Gasteiger partial charge is 0.497 e. The Morgan fingerprint density at radius 1 is 1.19 bits per heavy atom. The second-order valence-corrected chi connectivity index (χ2v) is 11.6. The van der Waals surface area contributed by atoms with Crippen molar-refractivity contribution < 1.29 is 18.7 Å². The maximum absolute atomic E-state index is 14.4. The van der Waals surface area contributed by atoms with Gasteiger partial charge in [-0.3, -0.25) is 14.5 Å². The molecule has 2 heterocycles. The van der Waals surface area contributed by atoms with Crippen molar-refractivity contribution in [1.82, 2.24) is 15.1 Å². The van der Waals surface area contributed by atoms with Gasteiger partial charge in [-0.15, -0.1) is 11.8 Å². The van der Waals surface area contributed by atoms with Crippen LogP contribution in [0.1, 0.15) is 55.7 Å². The van der Waals surface area contributed by atoms with Crippen LogP contribution in [0.3, 0.4) is 0 Å². The van der Waals surface area contributed by atoms with Gasteiger partial charge in [0, 0.05) is 17.0 Å². The minimum Gasteiger partial charge on any atom is -0.497 e. The molecule has 2 amide bonds. The topological polar surface area (TPSA) is 76.5 Å². The first kappa shape index (κ1) is 25.3. The fourth-order valence-electron chi connectivity index (χ4n) is 4.55. The van der Waals surface area contributed by atoms with Gasteiger partial charge in [-0.25, -0.2) is 9.07 Å². The standard InChI is InChI=1S/C28H31FN4O3S/c1-28(2,3)26-24-25(17-6-5-7-18(29)14-17)37-16-23(35)32(15-22(34)30-19-8-9-19)27(24)33(31-26)20-10-12-21(36-4)13-11-20/h5-7,10-14,19,25H,8-9,15-16H2,1-4H3,(H,30,34)/t25-/m0/s1. The second kappa shape index (κ2) is 9.85. The Kier molecular flexibility index (Phi) is 6.74. The van der Waals surface area contributed by atoms with Crippen LogP contribution in [-0.2, 0) is 15.0 Å². The SMILES string of the molecule is COc1ccc(-n2nc(C(C)(C)C)c3c2N(CC(=O)NC2CC2)C(=O)CS[C@H]3c2cccc(F)c2)cc1. The van der Waals surface area contributed by atoms with Gasteiger partial charge >= 0.3 is 0 Å². The van der Waals surface area contributed by atoms with Crippen LogP contribution in [0.5, 0.6) is 5.75 Å². The minimum atomic E-state index is -0.386. The molecule has 37 heavy (non-hydrogen) atoms. The van der Waals surface area contributed by atoms with E-state index < -0.39 is 0 Å². The first-order chi connectivity index (χ1) is 17.7. The molecule has 5 rings (SSSR count). The highest BCUT2D eigenvalue weighted by atomic mass is 32.2. The second-order valence-electron chi connectivity index (χ2n) is 10.5. The van der Waals surface area contributed by atoms with Crippen molar-refractivity contribution in [2.75, 3.05) is 24.3 Å². The summed E-state index contributed by atoms with van der Waals surface area (Å²) < 4.78 is 21.4. The lowest BCUT2D eigenvalue weighted by Gasteiger charge is -2.24. The van der Waals surface area contributed by atoms with Crippen LogP contribution in [0.15, 0.2) is 48.5 Å². The van der Waals surface area contributed by atoms with Crippen LogP contribution in [-0.4, -0.2) is 47.0 Å². The number of thioether (sulfide) groups is 1. The molecular formula is C28H31FN4O3S. The molecule has 194 valence electrons. The Hall–Kier alpha value is -3.33. The van der Waals surface area contributed by atoms with Crippen molar-refractivity contribution in [3.05, 3.63) is 71.2 Å². The number of halogens is 1. The molecule has 0 bridgehead atoms. The Morgan fingerprint density at radius 3 is 2.54 bits per heavy atom. The zero-order valence-corrected chi connectivity index (χ0v) is 22.3. The highest BCUT2D eigenvalue weighted by Gasteiger charge is 2.40. The molecule has 9 heteroatoms. The van der Waals surface area contributed by atoms with Gasteiger partial charge in [0.1, 0.15) is 23.9 Å². The fraction of sp³-hybridized carbons (Fsp3) is 0.393. The third kappa shape index (κ3) is 5.23. The Balaban J connectivity index is 1.73. The molecule has 1 N–H and O–H groups in total. The molecule has 1 atom stereocenters. The van der Waals surface area contributed by atoms with E-state index in [1.165, 1.54) is 23.9 Å². The van der Waals surface area contributed by atoms with Crippen LogP contribution < -0.4 is 15.0 Å². The van der Waals surface area contributed by atoms with Gasteiger partial charge in [-0.05, 0) is 54.8 Å². The number of hydrogen-bond donors (Lipinski definition) is 1. The van der Waals surface area contributed by atoms with Crippen LogP contribution in [0, 0.1) is 5.82 Å². The third-order valence-electron chi connectivity index (χ3n) is 6.51. The zero-order valence-electron chi connectivity index (χ0n) is 21.5. The Bertz CT molecular complexity index is 1330. The number of amides is 2. The molecule has 3 aromatic rings. The molecule has 0 radical (unpaired) electrons. The predicted molar refractivity (Wildman–Crippen MR) is 143 cm³/mol. The van der Waals surface area contributed by atoms with Gasteiger partial charge in [0.2, 0.25) is 11.8 Å². The summed E-state index contributed by atoms with van der Waals surface area (Å²) >= 11 is 1.44. The molecular weight excluding hydrogens is 491 g/mol. The van der Waals surface area contributed by atoms with Crippen LogP contribution in [0.25, 0.3) is 5.69 Å². The number of anilines is 1. The number of carbonyl (C=O) groups excluding carboxylic acids is 2. The number of nitrogens with one attached hydrogen (secondary N) is 1. The first-order valence-corrected chi connectivity index (χ1v) is 13.4. The normalized spacial score (nSPS) is 17.8. The number of rotatable bonds is 6. The monoisotopic (exact) mass is 522 g/mol. The highest BCUT2D eigenvalue weighted by Crippen LogP contribution is 2.48. The third-order valence-corrected chi connectivity index (χ3v) is 7.77. The lowest BCUT2D eigenvalue weighted by molar-refractivity contribution is -0.123. The molecule has 2 aromatic carbocycles. The van der Waals surface area contributed by atoms with E-state index in [0.717, 1.165) is 35.3 Å². The first-order valence-electron chi connectivity index (χ1n) is 12.4. The molecule has 1 aromatic heterocycles. The number of benzene rings is 2. The van der Waals surface area contributed by atoms with Crippen LogP contribution >= 0.6 is 11.8 Å². The lowest BCUT2D eigenvalue weighted by Crippen LogP contribution is -2.43. The lowest BCUT2D eigenvalue weighted by atomic mass is 9.87. The van der Waals surface area contributed by atoms with Crippen molar-refractivity contribution in [3.63, 3.8) is 0 Å². The summed E-state index contributed by atoms with van der Waals surface area (Å²) in [6, 6.07) is 14.1. The molecule has 0 unspecified atom stereocenters. The van der Waals surface area contributed by atoms with E-state index in [1.54, 1.807) is 22.8 Å². The van der Waals surface area contributed by atoms with E-state index in [2.05, 4.69) is 26.1 Å². The molecule has 0 saturated heterocycles. The Labute approximate surface area is 220 Å². The summed E-state index contributed by atoms with van der Waals surface area (Å²) in [6.45, 7) is 6.10. The molecule has 7 nitrogen and oxygen atoms in total. The molecule has 1 fully saturated rings. The van der Waals surface area contributed by atoms with Gasteiger partial charge in [-0.2, -0.15) is 5.10 Å². The number of carbonyl (C=O) groups is 2. The quantitative estimate of drug-likeness (QED) is 0.505. The summed E-state index contributed by atoms with van der Waals surface area (Å²) in [5.74, 6) is 0.671. The van der Waals surface area contributed by atoms with Gasteiger partial charge in [0.25, 0.3) is 0 Å². The minimum absolute atomic E-state index is 0.107. The van der Waals surface area contributed by atoms with E-state index in [0.29, 0.717) is 11.6 Å². The van der Waals surface area contributed by atoms with Crippen molar-refractivity contribution in [2.45, 2.75) is 50.3 Å². The van der Waals surface area contributed by atoms with Crippen molar-refractivity contribution in [1.29, 1.82) is 0 Å². The molecule has 1 saturated carbocycles. The molecule has 1 aliphatic heterocycles. The maximum atomic E-state index is 14.4. The van der Waals surface area contributed by atoms with E-state index >= 15 is 0 Å². The number of nitrogens with zero attached hydrogens (tertiary/aromatic N) is 3. The van der Waals surface area contributed by atoms with Crippen molar-refractivity contribution in [2.24, 2.45) is 0 Å². The van der Waals surface area contributed by atoms with E-state index in [9.17, 15) is 14.0 Å². The van der Waals surface area contributed by atoms with E-state index in [1.807, 2.05) is 30.3 Å². The van der Waals surface area contributed by atoms with Gasteiger partial charge in [0.15, 0.2) is 0 Å². The smallest absolute Gasteiger partial charge is 0.240 e. The molecule has 2 aliphatic rings. The average molecular weight is 523 g/mol. The summed E-state index contributed by atoms with van der Waals surface area (Å²) in [5, 5.41) is 7.70. The summed E-state index contributed by atoms with van der Waals surface area (Å²) in [5.41, 5.74) is 2.72. The highest BCUT2D eigenvalue weighted by molar-refractivity contribution is 8.00. The number of fused-ring (bicyclic) bond motifs is 1. The van der Waals surface area contributed by atoms with E-state index in [-0.39, 0.29) is 46.6 Å². The average Bonchev–Trinajstić information content (AvgIpc) is 3.60. The van der Waals surface area contributed by atoms with E-state index in [4.69, 9.17) is 9.84 Å². The van der Waals surface area contributed by atoms with Gasteiger partial charge in [-0.1, -0.05) is 32.9 Å². The molecule has 1 aliphatic carbocycles. The zero-order chi connectivity index (χ0) is 26.3. The number of aromatic nitrogens is 2. The maximum Gasteiger partial charge on any atom is 0.240 e. The van der Waals surface area contributed by atoms with Crippen LogP contribution in [0.4, 0.5) is 10.2 Å². The van der Waals surface area contributed by atoms with Crippen molar-refractivity contribution >= 4 is 29.4 Å². The van der Waals surface area contributed by atoms with Crippen molar-refractivity contribution in [3.8, 4) is 11.4 Å². The predicted octanol–water partition coefficient (Wildman–Crippen LogP) is 4.77.